The summed E-state index contributed by atoms with van der Waals surface area (Å²) < 4.78 is 7.81. The molecule has 0 aliphatic heterocycles. The zero-order valence-electron chi connectivity index (χ0n) is 10.7. The van der Waals surface area contributed by atoms with Gasteiger partial charge in [-0.2, -0.15) is 4.98 Å². The van der Waals surface area contributed by atoms with Gasteiger partial charge < -0.3 is 10.5 Å². The molecule has 1 aromatic carbocycles. The van der Waals surface area contributed by atoms with Gasteiger partial charge in [0.05, 0.1) is 0 Å². The minimum Gasteiger partial charge on any atom is -0.437 e. The van der Waals surface area contributed by atoms with Gasteiger partial charge in [0.1, 0.15) is 11.4 Å². The van der Waals surface area contributed by atoms with Crippen molar-refractivity contribution in [3.63, 3.8) is 0 Å². The van der Waals surface area contributed by atoms with Crippen LogP contribution in [0.1, 0.15) is 18.2 Å². The summed E-state index contributed by atoms with van der Waals surface area (Å²) in [6, 6.07) is 8.06. The number of hydrogen-bond donors (Lipinski definition) is 1. The lowest BCUT2D eigenvalue weighted by molar-refractivity contribution is 0.459. The zero-order chi connectivity index (χ0) is 13.2. The summed E-state index contributed by atoms with van der Waals surface area (Å²) in [6.45, 7) is 2.53. The minimum atomic E-state index is 0.403. The van der Waals surface area contributed by atoms with E-state index in [1.807, 2.05) is 28.1 Å². The number of nitrogens with zero attached hydrogens (tertiary/aromatic N) is 2. The van der Waals surface area contributed by atoms with Crippen LogP contribution >= 0.6 is 11.3 Å². The van der Waals surface area contributed by atoms with Crippen LogP contribution < -0.4 is 10.5 Å². The Morgan fingerprint density at radius 1 is 1.32 bits per heavy atom. The lowest BCUT2D eigenvalue weighted by Gasteiger charge is -2.05. The first-order chi connectivity index (χ1) is 9.31. The third kappa shape index (κ3) is 2.22. The van der Waals surface area contributed by atoms with Gasteiger partial charge in [0.25, 0.3) is 0 Å². The first kappa shape index (κ1) is 12.2. The highest BCUT2D eigenvalue weighted by atomic mass is 32.1. The summed E-state index contributed by atoms with van der Waals surface area (Å²) in [5.74, 6) is 1.39. The standard InChI is InChI=1S/C14H15N3OS/c1-2-10-3-5-11(6-4-10)18-13-12(9-15)17-7-8-19-14(17)16-13/h3-8H,2,9,15H2,1H3. The fourth-order valence-electron chi connectivity index (χ4n) is 1.98. The van der Waals surface area contributed by atoms with Gasteiger partial charge >= 0.3 is 0 Å². The van der Waals surface area contributed by atoms with Crippen molar-refractivity contribution in [1.29, 1.82) is 0 Å². The fraction of sp³-hybridized carbons (Fsp3) is 0.214. The molecule has 2 aromatic heterocycles. The molecule has 0 unspecified atom stereocenters. The lowest BCUT2D eigenvalue weighted by Crippen LogP contribution is -2.01. The molecule has 0 fully saturated rings. The van der Waals surface area contributed by atoms with Gasteiger partial charge in [-0.1, -0.05) is 19.1 Å². The van der Waals surface area contributed by atoms with Crippen molar-refractivity contribution in [2.45, 2.75) is 19.9 Å². The van der Waals surface area contributed by atoms with Crippen molar-refractivity contribution >= 4 is 16.3 Å². The van der Waals surface area contributed by atoms with Crippen LogP contribution in [0.3, 0.4) is 0 Å². The van der Waals surface area contributed by atoms with Gasteiger partial charge in [-0.15, -0.1) is 11.3 Å². The molecule has 0 amide bonds. The molecule has 0 aliphatic rings. The van der Waals surface area contributed by atoms with Gasteiger partial charge in [0.15, 0.2) is 4.96 Å². The predicted molar refractivity (Wildman–Crippen MR) is 76.9 cm³/mol. The molecule has 0 saturated heterocycles. The Balaban J connectivity index is 1.93. The van der Waals surface area contributed by atoms with Gasteiger partial charge in [-0.05, 0) is 24.1 Å². The molecule has 2 heterocycles. The van der Waals surface area contributed by atoms with Crippen LogP contribution in [0.4, 0.5) is 0 Å². The molecule has 0 saturated carbocycles. The Bertz CT molecular complexity index is 684. The quantitative estimate of drug-likeness (QED) is 0.794. The van der Waals surface area contributed by atoms with Gasteiger partial charge in [0.2, 0.25) is 5.88 Å². The van der Waals surface area contributed by atoms with E-state index in [1.54, 1.807) is 11.3 Å². The highest BCUT2D eigenvalue weighted by molar-refractivity contribution is 7.15. The van der Waals surface area contributed by atoms with Crippen LogP contribution in [0.15, 0.2) is 35.8 Å². The van der Waals surface area contributed by atoms with Crippen molar-refractivity contribution in [2.75, 3.05) is 0 Å². The van der Waals surface area contributed by atoms with Crippen molar-refractivity contribution in [2.24, 2.45) is 5.73 Å². The van der Waals surface area contributed by atoms with E-state index < -0.39 is 0 Å². The van der Waals surface area contributed by atoms with E-state index in [2.05, 4.69) is 24.0 Å². The monoisotopic (exact) mass is 273 g/mol. The lowest BCUT2D eigenvalue weighted by atomic mass is 10.2. The number of ether oxygens (including phenoxy) is 1. The number of aromatic nitrogens is 2. The van der Waals surface area contributed by atoms with E-state index >= 15 is 0 Å². The first-order valence-corrected chi connectivity index (χ1v) is 7.11. The SMILES string of the molecule is CCc1ccc(Oc2nc3sccn3c2CN)cc1. The number of imidazole rings is 1. The number of rotatable bonds is 4. The maximum Gasteiger partial charge on any atom is 0.243 e. The number of nitrogens with two attached hydrogens (primary N) is 1. The second kappa shape index (κ2) is 5.03. The molecule has 0 radical (unpaired) electrons. The van der Waals surface area contributed by atoms with Crippen LogP contribution in [0, 0.1) is 0 Å². The molecular weight excluding hydrogens is 258 g/mol. The largest absolute Gasteiger partial charge is 0.437 e. The Labute approximate surface area is 115 Å². The fourth-order valence-corrected chi connectivity index (χ4v) is 2.71. The molecule has 98 valence electrons. The Morgan fingerprint density at radius 3 is 2.79 bits per heavy atom. The van der Waals surface area contributed by atoms with Crippen LogP contribution in [-0.2, 0) is 13.0 Å². The third-order valence-electron chi connectivity index (χ3n) is 3.06. The van der Waals surface area contributed by atoms with Crippen LogP contribution in [-0.4, -0.2) is 9.38 Å². The van der Waals surface area contributed by atoms with Crippen molar-refractivity contribution in [3.05, 3.63) is 47.1 Å². The number of benzene rings is 1. The maximum atomic E-state index is 5.84. The molecule has 3 rings (SSSR count). The minimum absolute atomic E-state index is 0.403. The molecule has 0 spiro atoms. The van der Waals surface area contributed by atoms with Crippen molar-refractivity contribution < 1.29 is 4.74 Å². The average molecular weight is 273 g/mol. The summed E-state index contributed by atoms with van der Waals surface area (Å²) in [4.78, 5) is 5.36. The summed E-state index contributed by atoms with van der Waals surface area (Å²) in [7, 11) is 0. The normalized spacial score (nSPS) is 11.1. The molecule has 0 bridgehead atoms. The van der Waals surface area contributed by atoms with Gasteiger partial charge in [-0.25, -0.2) is 0 Å². The molecule has 4 nitrogen and oxygen atoms in total. The molecule has 19 heavy (non-hydrogen) atoms. The average Bonchev–Trinajstić information content (AvgIpc) is 3.00. The Kier molecular flexibility index (Phi) is 3.23. The number of fused-ring (bicyclic) bond motifs is 1. The summed E-state index contributed by atoms with van der Waals surface area (Å²) in [6.07, 6.45) is 2.98. The van der Waals surface area contributed by atoms with E-state index in [0.29, 0.717) is 12.4 Å². The number of hydrogen-bond acceptors (Lipinski definition) is 4. The van der Waals surface area contributed by atoms with Crippen LogP contribution in [0.5, 0.6) is 11.6 Å². The number of aryl methyl sites for hydroxylation is 1. The summed E-state index contributed by atoms with van der Waals surface area (Å²) >= 11 is 1.57. The van der Waals surface area contributed by atoms with Crippen LogP contribution in [0.2, 0.25) is 0 Å². The Morgan fingerprint density at radius 2 is 2.11 bits per heavy atom. The van der Waals surface area contributed by atoms with E-state index in [-0.39, 0.29) is 0 Å². The highest BCUT2D eigenvalue weighted by Gasteiger charge is 2.13. The smallest absolute Gasteiger partial charge is 0.243 e. The second-order valence-electron chi connectivity index (χ2n) is 4.22. The van der Waals surface area contributed by atoms with Crippen LogP contribution in [0.25, 0.3) is 4.96 Å². The molecule has 3 aromatic rings. The number of thiazole rings is 1. The molecular formula is C14H15N3OS. The summed E-state index contributed by atoms with van der Waals surface area (Å²) in [5, 5.41) is 1.99. The molecule has 0 atom stereocenters. The van der Waals surface area contributed by atoms with E-state index in [4.69, 9.17) is 10.5 Å². The molecule has 5 heteroatoms. The molecule has 2 N–H and O–H groups in total. The summed E-state index contributed by atoms with van der Waals surface area (Å²) in [5.41, 5.74) is 7.97. The predicted octanol–water partition coefficient (Wildman–Crippen LogP) is 3.21. The Hall–Kier alpha value is -1.85. The van der Waals surface area contributed by atoms with Crippen molar-refractivity contribution in [3.8, 4) is 11.6 Å². The highest BCUT2D eigenvalue weighted by Crippen LogP contribution is 2.27. The van der Waals surface area contributed by atoms with E-state index in [0.717, 1.165) is 22.8 Å². The van der Waals surface area contributed by atoms with E-state index in [9.17, 15) is 0 Å². The van der Waals surface area contributed by atoms with Gasteiger partial charge in [0, 0.05) is 18.1 Å². The third-order valence-corrected chi connectivity index (χ3v) is 3.82. The van der Waals surface area contributed by atoms with E-state index in [1.165, 1.54) is 5.56 Å². The van der Waals surface area contributed by atoms with Gasteiger partial charge in [-0.3, -0.25) is 4.40 Å². The zero-order valence-corrected chi connectivity index (χ0v) is 11.5. The van der Waals surface area contributed by atoms with Crippen molar-refractivity contribution in [1.82, 2.24) is 9.38 Å². The molecule has 0 aliphatic carbocycles. The second-order valence-corrected chi connectivity index (χ2v) is 5.10. The first-order valence-electron chi connectivity index (χ1n) is 6.23. The topological polar surface area (TPSA) is 52.5 Å². The maximum absolute atomic E-state index is 5.84.